The van der Waals surface area contributed by atoms with Crippen LogP contribution in [0.2, 0.25) is 0 Å². The quantitative estimate of drug-likeness (QED) is 0.706. The Morgan fingerprint density at radius 1 is 1.60 bits per heavy atom. The molecule has 1 unspecified atom stereocenters. The predicted molar refractivity (Wildman–Crippen MR) is 62.5 cm³/mol. The van der Waals surface area contributed by atoms with Crippen molar-refractivity contribution < 1.29 is 0 Å². The SMILES string of the molecule is CCC(N=O)/C(C)=C/c1ccc(C)nc1. The van der Waals surface area contributed by atoms with E-state index in [1.54, 1.807) is 6.20 Å². The second kappa shape index (κ2) is 5.39. The molecule has 15 heavy (non-hydrogen) atoms. The number of aromatic nitrogens is 1. The number of hydrogen-bond donors (Lipinski definition) is 0. The molecular formula is C12H16N2O. The molecule has 0 saturated carbocycles. The summed E-state index contributed by atoms with van der Waals surface area (Å²) in [5.74, 6) is 0. The standard InChI is InChI=1S/C12H16N2O/c1-4-12(14-15)9(2)7-11-6-5-10(3)13-8-11/h5-8,12H,4H2,1-3H3/b9-7+. The van der Waals surface area contributed by atoms with Gasteiger partial charge in [-0.25, -0.2) is 0 Å². The lowest BCUT2D eigenvalue weighted by Crippen LogP contribution is -2.02. The van der Waals surface area contributed by atoms with Crippen molar-refractivity contribution in [2.24, 2.45) is 5.18 Å². The molecule has 1 aromatic heterocycles. The zero-order chi connectivity index (χ0) is 11.3. The molecule has 3 nitrogen and oxygen atoms in total. The topological polar surface area (TPSA) is 42.3 Å². The Bertz CT molecular complexity index is 354. The number of nitroso groups, excluding NO2 is 1. The first kappa shape index (κ1) is 11.6. The van der Waals surface area contributed by atoms with Gasteiger partial charge in [-0.05, 0) is 37.5 Å². The third-order valence-electron chi connectivity index (χ3n) is 2.37. The predicted octanol–water partition coefficient (Wildman–Crippen LogP) is 3.34. The summed E-state index contributed by atoms with van der Waals surface area (Å²) >= 11 is 0. The lowest BCUT2D eigenvalue weighted by Gasteiger charge is -2.06. The summed E-state index contributed by atoms with van der Waals surface area (Å²) in [7, 11) is 0. The van der Waals surface area contributed by atoms with Crippen LogP contribution in [0.1, 0.15) is 31.5 Å². The summed E-state index contributed by atoms with van der Waals surface area (Å²) in [4.78, 5) is 14.7. The molecule has 0 radical (unpaired) electrons. The highest BCUT2D eigenvalue weighted by atomic mass is 16.3. The molecule has 0 N–H and O–H groups in total. The van der Waals surface area contributed by atoms with Gasteiger partial charge < -0.3 is 0 Å². The van der Waals surface area contributed by atoms with Crippen molar-refractivity contribution in [3.8, 4) is 0 Å². The maximum atomic E-state index is 10.5. The molecule has 0 saturated heterocycles. The molecule has 0 spiro atoms. The van der Waals surface area contributed by atoms with Crippen LogP contribution in [0.5, 0.6) is 0 Å². The van der Waals surface area contributed by atoms with Crippen LogP contribution < -0.4 is 0 Å². The molecule has 0 aliphatic rings. The number of hydrogen-bond acceptors (Lipinski definition) is 3. The lowest BCUT2D eigenvalue weighted by atomic mass is 10.0. The molecular weight excluding hydrogens is 188 g/mol. The van der Waals surface area contributed by atoms with Crippen LogP contribution in [-0.4, -0.2) is 11.0 Å². The Labute approximate surface area is 90.2 Å². The Hall–Kier alpha value is -1.51. The van der Waals surface area contributed by atoms with Gasteiger partial charge in [0, 0.05) is 11.9 Å². The van der Waals surface area contributed by atoms with Crippen LogP contribution in [0.25, 0.3) is 6.08 Å². The minimum absolute atomic E-state index is 0.216. The van der Waals surface area contributed by atoms with E-state index in [2.05, 4.69) is 10.2 Å². The first-order valence-corrected chi connectivity index (χ1v) is 5.10. The summed E-state index contributed by atoms with van der Waals surface area (Å²) in [6, 6.07) is 3.73. The zero-order valence-corrected chi connectivity index (χ0v) is 9.40. The average Bonchev–Trinajstić information content (AvgIpc) is 2.23. The van der Waals surface area contributed by atoms with Crippen LogP contribution in [0, 0.1) is 11.8 Å². The summed E-state index contributed by atoms with van der Waals surface area (Å²) in [5.41, 5.74) is 2.99. The fraction of sp³-hybridized carbons (Fsp3) is 0.417. The fourth-order valence-electron chi connectivity index (χ4n) is 1.40. The average molecular weight is 204 g/mol. The molecule has 1 aromatic rings. The van der Waals surface area contributed by atoms with Crippen LogP contribution in [-0.2, 0) is 0 Å². The van der Waals surface area contributed by atoms with E-state index in [0.29, 0.717) is 0 Å². The number of pyridine rings is 1. The largest absolute Gasteiger partial charge is 0.261 e. The van der Waals surface area contributed by atoms with Crippen molar-refractivity contribution in [3.63, 3.8) is 0 Å². The number of nitrogens with zero attached hydrogens (tertiary/aromatic N) is 2. The number of aryl methyl sites for hydroxylation is 1. The third kappa shape index (κ3) is 3.27. The highest BCUT2D eigenvalue weighted by molar-refractivity contribution is 5.52. The molecule has 80 valence electrons. The summed E-state index contributed by atoms with van der Waals surface area (Å²) in [5, 5.41) is 3.08. The van der Waals surface area contributed by atoms with Crippen LogP contribution in [0.4, 0.5) is 0 Å². The van der Waals surface area contributed by atoms with Crippen molar-refractivity contribution in [2.75, 3.05) is 0 Å². The highest BCUT2D eigenvalue weighted by Gasteiger charge is 2.07. The van der Waals surface area contributed by atoms with E-state index in [9.17, 15) is 4.91 Å². The Morgan fingerprint density at radius 2 is 2.33 bits per heavy atom. The van der Waals surface area contributed by atoms with E-state index in [-0.39, 0.29) is 6.04 Å². The van der Waals surface area contributed by atoms with E-state index < -0.39 is 0 Å². The first-order chi connectivity index (χ1) is 7.17. The Balaban J connectivity index is 2.86. The second-order valence-electron chi connectivity index (χ2n) is 3.65. The lowest BCUT2D eigenvalue weighted by molar-refractivity contribution is 0.740. The van der Waals surface area contributed by atoms with Gasteiger partial charge in [-0.2, -0.15) is 4.91 Å². The molecule has 0 bridgehead atoms. The van der Waals surface area contributed by atoms with Gasteiger partial charge in [-0.1, -0.05) is 24.2 Å². The maximum absolute atomic E-state index is 10.5. The van der Waals surface area contributed by atoms with Crippen LogP contribution in [0.3, 0.4) is 0 Å². The summed E-state index contributed by atoms with van der Waals surface area (Å²) in [6.07, 6.45) is 4.50. The molecule has 1 heterocycles. The summed E-state index contributed by atoms with van der Waals surface area (Å²) in [6.45, 7) is 5.83. The van der Waals surface area contributed by atoms with Crippen LogP contribution in [0.15, 0.2) is 29.1 Å². The van der Waals surface area contributed by atoms with Gasteiger partial charge >= 0.3 is 0 Å². The van der Waals surface area contributed by atoms with Gasteiger partial charge in [-0.3, -0.25) is 4.98 Å². The van der Waals surface area contributed by atoms with Crippen molar-refractivity contribution in [2.45, 2.75) is 33.2 Å². The van der Waals surface area contributed by atoms with Gasteiger partial charge in [0.1, 0.15) is 6.04 Å². The van der Waals surface area contributed by atoms with Crippen molar-refractivity contribution in [1.29, 1.82) is 0 Å². The molecule has 0 aliphatic carbocycles. The highest BCUT2D eigenvalue weighted by Crippen LogP contribution is 2.14. The van der Waals surface area contributed by atoms with Crippen LogP contribution >= 0.6 is 0 Å². The molecule has 0 aliphatic heterocycles. The smallest absolute Gasteiger partial charge is 0.113 e. The van der Waals surface area contributed by atoms with E-state index in [1.807, 2.05) is 39.0 Å². The minimum Gasteiger partial charge on any atom is -0.261 e. The molecule has 0 fully saturated rings. The maximum Gasteiger partial charge on any atom is 0.113 e. The first-order valence-electron chi connectivity index (χ1n) is 5.10. The second-order valence-corrected chi connectivity index (χ2v) is 3.65. The summed E-state index contributed by atoms with van der Waals surface area (Å²) < 4.78 is 0. The van der Waals surface area contributed by atoms with Gasteiger partial charge in [0.15, 0.2) is 0 Å². The van der Waals surface area contributed by atoms with E-state index in [1.165, 1.54) is 0 Å². The van der Waals surface area contributed by atoms with Gasteiger partial charge in [-0.15, -0.1) is 0 Å². The Morgan fingerprint density at radius 3 is 2.80 bits per heavy atom. The Kier molecular flexibility index (Phi) is 4.16. The van der Waals surface area contributed by atoms with Crippen molar-refractivity contribution in [1.82, 2.24) is 4.98 Å². The molecule has 1 rings (SSSR count). The minimum atomic E-state index is -0.216. The molecule has 1 atom stereocenters. The normalized spacial score (nSPS) is 13.7. The van der Waals surface area contributed by atoms with Gasteiger partial charge in [0.05, 0.1) is 0 Å². The van der Waals surface area contributed by atoms with E-state index in [0.717, 1.165) is 23.3 Å². The number of rotatable bonds is 4. The van der Waals surface area contributed by atoms with E-state index in [4.69, 9.17) is 0 Å². The molecule has 0 aromatic carbocycles. The van der Waals surface area contributed by atoms with Gasteiger partial charge in [0.2, 0.25) is 0 Å². The third-order valence-corrected chi connectivity index (χ3v) is 2.37. The monoisotopic (exact) mass is 204 g/mol. The van der Waals surface area contributed by atoms with Crippen molar-refractivity contribution in [3.05, 3.63) is 40.1 Å². The van der Waals surface area contributed by atoms with E-state index >= 15 is 0 Å². The zero-order valence-electron chi connectivity index (χ0n) is 9.40. The van der Waals surface area contributed by atoms with Gasteiger partial charge in [0.25, 0.3) is 0 Å². The van der Waals surface area contributed by atoms with Crippen molar-refractivity contribution >= 4 is 6.08 Å². The molecule has 0 amide bonds. The molecule has 3 heteroatoms. The fourth-order valence-corrected chi connectivity index (χ4v) is 1.40.